The number of nitrogens with two attached hydrogens (primary N) is 1. The largest absolute Gasteiger partial charge is 0.485 e. The van der Waals surface area contributed by atoms with Crippen molar-refractivity contribution in [2.24, 2.45) is 5.73 Å². The Morgan fingerprint density at radius 2 is 1.81 bits per heavy atom. The predicted octanol–water partition coefficient (Wildman–Crippen LogP) is 4.33. The Balaban J connectivity index is 1.56. The highest BCUT2D eigenvalue weighted by Gasteiger charge is 2.17. The lowest BCUT2D eigenvalue weighted by Crippen LogP contribution is -2.19. The van der Waals surface area contributed by atoms with Crippen molar-refractivity contribution in [3.63, 3.8) is 0 Å². The number of H-pyrrole nitrogens is 1. The summed E-state index contributed by atoms with van der Waals surface area (Å²) in [4.78, 5) is 0. The van der Waals surface area contributed by atoms with Crippen LogP contribution in [0.1, 0.15) is 17.7 Å². The molecule has 4 N–H and O–H groups in total. The third-order valence-electron chi connectivity index (χ3n) is 4.97. The minimum Gasteiger partial charge on any atom is -0.485 e. The molecule has 0 fully saturated rings. The van der Waals surface area contributed by atoms with Crippen LogP contribution >= 0.6 is 0 Å². The average molecular weight is 409 g/mol. The molecule has 0 radical (unpaired) electrons. The highest BCUT2D eigenvalue weighted by molar-refractivity contribution is 5.67. The molecule has 0 saturated carbocycles. The number of aromatic nitrogens is 2. The molecule has 4 rings (SSSR count). The lowest BCUT2D eigenvalue weighted by Gasteiger charge is -2.13. The molecular formula is C25H23N5O. The lowest BCUT2D eigenvalue weighted by atomic mass is 10.1. The van der Waals surface area contributed by atoms with E-state index in [4.69, 9.17) is 15.7 Å². The van der Waals surface area contributed by atoms with Gasteiger partial charge in [-0.2, -0.15) is 10.4 Å². The van der Waals surface area contributed by atoms with Crippen LogP contribution < -0.4 is 15.8 Å². The summed E-state index contributed by atoms with van der Waals surface area (Å²) in [6.07, 6.45) is 5.96. The molecule has 1 aliphatic carbocycles. The summed E-state index contributed by atoms with van der Waals surface area (Å²) in [5.74, 6) is 0.704. The van der Waals surface area contributed by atoms with Crippen molar-refractivity contribution in [3.05, 3.63) is 107 Å². The number of rotatable bonds is 7. The Morgan fingerprint density at radius 1 is 1.06 bits per heavy atom. The SMILES string of the molecule is N#CC1=CC=C(N)C(NCc2[nH]nc(-c3ccccc3)c2OCc2ccccc2)=CC1. The second-order valence-electron chi connectivity index (χ2n) is 7.12. The topological polar surface area (TPSA) is 99.8 Å². The first-order valence-corrected chi connectivity index (χ1v) is 10.0. The maximum absolute atomic E-state index is 9.13. The Kier molecular flexibility index (Phi) is 6.15. The van der Waals surface area contributed by atoms with Crippen LogP contribution in [0.2, 0.25) is 0 Å². The van der Waals surface area contributed by atoms with E-state index in [9.17, 15) is 0 Å². The van der Waals surface area contributed by atoms with Gasteiger partial charge in [0.2, 0.25) is 0 Å². The van der Waals surface area contributed by atoms with Gasteiger partial charge in [-0.25, -0.2) is 0 Å². The fraction of sp³-hybridized carbons (Fsp3) is 0.120. The van der Waals surface area contributed by atoms with Crippen LogP contribution in [0.15, 0.2) is 95.9 Å². The fourth-order valence-electron chi connectivity index (χ4n) is 3.28. The van der Waals surface area contributed by atoms with E-state index < -0.39 is 0 Å². The first-order chi connectivity index (χ1) is 15.2. The molecule has 0 unspecified atom stereocenters. The molecule has 1 aromatic heterocycles. The minimum absolute atomic E-state index is 0.438. The first kappa shape index (κ1) is 20.0. The molecule has 1 heterocycles. The molecule has 6 heteroatoms. The van der Waals surface area contributed by atoms with Crippen LogP contribution in [-0.4, -0.2) is 10.2 Å². The summed E-state index contributed by atoms with van der Waals surface area (Å²) in [5, 5.41) is 20.1. The molecule has 6 nitrogen and oxygen atoms in total. The van der Waals surface area contributed by atoms with Gasteiger partial charge in [0.15, 0.2) is 5.75 Å². The molecule has 2 aromatic carbocycles. The molecule has 0 atom stereocenters. The Morgan fingerprint density at radius 3 is 2.55 bits per heavy atom. The number of benzene rings is 2. The quantitative estimate of drug-likeness (QED) is 0.539. The molecule has 0 amide bonds. The van der Waals surface area contributed by atoms with Crippen molar-refractivity contribution in [1.82, 2.24) is 15.5 Å². The van der Waals surface area contributed by atoms with Crippen LogP contribution in [0.5, 0.6) is 5.75 Å². The van der Waals surface area contributed by atoms with E-state index in [0.29, 0.717) is 36.6 Å². The number of aromatic amines is 1. The van der Waals surface area contributed by atoms with Gasteiger partial charge in [-0.15, -0.1) is 0 Å². The van der Waals surface area contributed by atoms with E-state index in [1.165, 1.54) is 0 Å². The van der Waals surface area contributed by atoms with Gasteiger partial charge >= 0.3 is 0 Å². The van der Waals surface area contributed by atoms with E-state index in [1.54, 1.807) is 12.2 Å². The zero-order chi connectivity index (χ0) is 21.5. The minimum atomic E-state index is 0.438. The van der Waals surface area contributed by atoms with Crippen molar-refractivity contribution < 1.29 is 4.74 Å². The molecule has 3 aromatic rings. The third-order valence-corrected chi connectivity index (χ3v) is 4.97. The van der Waals surface area contributed by atoms with E-state index in [1.807, 2.05) is 66.7 Å². The fourth-order valence-corrected chi connectivity index (χ4v) is 3.28. The molecule has 1 aliphatic rings. The Hall–Kier alpha value is -4.24. The summed E-state index contributed by atoms with van der Waals surface area (Å²) >= 11 is 0. The Labute approximate surface area is 181 Å². The van der Waals surface area contributed by atoms with Crippen molar-refractivity contribution in [1.29, 1.82) is 5.26 Å². The van der Waals surface area contributed by atoms with Crippen LogP contribution in [0, 0.1) is 11.3 Å². The maximum atomic E-state index is 9.13. The number of allylic oxidation sites excluding steroid dienone is 4. The van der Waals surface area contributed by atoms with Crippen LogP contribution in [-0.2, 0) is 13.2 Å². The zero-order valence-corrected chi connectivity index (χ0v) is 17.0. The molecule has 0 saturated heterocycles. The lowest BCUT2D eigenvalue weighted by molar-refractivity contribution is 0.304. The van der Waals surface area contributed by atoms with E-state index in [-0.39, 0.29) is 0 Å². The molecule has 0 aliphatic heterocycles. The number of hydrogen-bond donors (Lipinski definition) is 3. The zero-order valence-electron chi connectivity index (χ0n) is 17.0. The molecule has 31 heavy (non-hydrogen) atoms. The van der Waals surface area contributed by atoms with Gasteiger partial charge in [-0.3, -0.25) is 5.10 Å². The summed E-state index contributed by atoms with van der Waals surface area (Å²) < 4.78 is 6.22. The second kappa shape index (κ2) is 9.51. The summed E-state index contributed by atoms with van der Waals surface area (Å²) in [6.45, 7) is 0.889. The van der Waals surface area contributed by atoms with Crippen LogP contribution in [0.3, 0.4) is 0 Å². The number of nitriles is 1. The first-order valence-electron chi connectivity index (χ1n) is 10.0. The highest BCUT2D eigenvalue weighted by Crippen LogP contribution is 2.32. The summed E-state index contributed by atoms with van der Waals surface area (Å²) in [6, 6.07) is 22.1. The van der Waals surface area contributed by atoms with Crippen molar-refractivity contribution >= 4 is 0 Å². The second-order valence-corrected chi connectivity index (χ2v) is 7.12. The smallest absolute Gasteiger partial charge is 0.170 e. The normalized spacial score (nSPS) is 13.3. The third kappa shape index (κ3) is 4.85. The number of nitrogens with one attached hydrogen (secondary N) is 2. The van der Waals surface area contributed by atoms with Gasteiger partial charge in [-0.1, -0.05) is 66.7 Å². The van der Waals surface area contributed by atoms with Crippen LogP contribution in [0.4, 0.5) is 0 Å². The average Bonchev–Trinajstić information content (AvgIpc) is 3.14. The van der Waals surface area contributed by atoms with Gasteiger partial charge in [-0.05, 0) is 17.7 Å². The number of nitrogens with zero attached hydrogens (tertiary/aromatic N) is 2. The number of ether oxygens (including phenoxy) is 1. The van der Waals surface area contributed by atoms with Crippen molar-refractivity contribution in [2.45, 2.75) is 19.6 Å². The Bertz CT molecular complexity index is 1170. The van der Waals surface area contributed by atoms with Crippen molar-refractivity contribution in [3.8, 4) is 23.1 Å². The van der Waals surface area contributed by atoms with Gasteiger partial charge in [0.1, 0.15) is 12.3 Å². The van der Waals surface area contributed by atoms with E-state index in [0.717, 1.165) is 28.2 Å². The molecule has 154 valence electrons. The molecule has 0 spiro atoms. The molecule has 0 bridgehead atoms. The van der Waals surface area contributed by atoms with Gasteiger partial charge in [0, 0.05) is 17.6 Å². The van der Waals surface area contributed by atoms with E-state index >= 15 is 0 Å². The standard InChI is InChI=1S/C25H23N5O/c26-15-18-11-13-21(27)22(14-12-18)28-16-23-25(31-17-19-7-3-1-4-8-19)24(30-29-23)20-9-5-2-6-10-20/h1-11,13-14,28H,12,16-17,27H2,(H,29,30). The number of hydrogen-bond acceptors (Lipinski definition) is 5. The van der Waals surface area contributed by atoms with Gasteiger partial charge in [0.25, 0.3) is 0 Å². The monoisotopic (exact) mass is 409 g/mol. The maximum Gasteiger partial charge on any atom is 0.170 e. The van der Waals surface area contributed by atoms with Crippen LogP contribution in [0.25, 0.3) is 11.3 Å². The summed E-state index contributed by atoms with van der Waals surface area (Å²) in [5.41, 5.74) is 11.8. The van der Waals surface area contributed by atoms with E-state index in [2.05, 4.69) is 21.6 Å². The van der Waals surface area contributed by atoms with Crippen molar-refractivity contribution in [2.75, 3.05) is 0 Å². The predicted molar refractivity (Wildman–Crippen MR) is 120 cm³/mol. The van der Waals surface area contributed by atoms with Gasteiger partial charge < -0.3 is 15.8 Å². The van der Waals surface area contributed by atoms with Gasteiger partial charge in [0.05, 0.1) is 29.7 Å². The highest BCUT2D eigenvalue weighted by atomic mass is 16.5. The summed E-state index contributed by atoms with van der Waals surface area (Å²) in [7, 11) is 0. The molecular weight excluding hydrogens is 386 g/mol.